The molecule has 3 rings (SSSR count). The van der Waals surface area contributed by atoms with E-state index in [1.807, 2.05) is 30.3 Å². The Balaban J connectivity index is 2.12. The molecule has 0 aliphatic rings. The molecule has 2 N–H and O–H groups in total. The van der Waals surface area contributed by atoms with Crippen LogP contribution in [0.3, 0.4) is 0 Å². The zero-order chi connectivity index (χ0) is 13.9. The van der Waals surface area contributed by atoms with Gasteiger partial charge in [-0.25, -0.2) is 14.8 Å². The molecule has 0 aliphatic carbocycles. The Bertz CT molecular complexity index is 772. The number of hydrogen-bond acceptors (Lipinski definition) is 4. The van der Waals surface area contributed by atoms with Crippen molar-refractivity contribution < 1.29 is 9.90 Å². The molecule has 0 amide bonds. The number of nitrogens with one attached hydrogen (secondary N) is 1. The van der Waals surface area contributed by atoms with Crippen molar-refractivity contribution in [3.05, 3.63) is 60.3 Å². The van der Waals surface area contributed by atoms with Crippen molar-refractivity contribution in [1.29, 1.82) is 0 Å². The fourth-order valence-corrected chi connectivity index (χ4v) is 1.93. The number of para-hydroxylation sites is 1. The highest BCUT2D eigenvalue weighted by atomic mass is 16.4. The Morgan fingerprint density at radius 1 is 1.10 bits per heavy atom. The third kappa shape index (κ3) is 2.29. The summed E-state index contributed by atoms with van der Waals surface area (Å²) < 4.78 is 0. The molecular formula is C15H11N3O2. The summed E-state index contributed by atoms with van der Waals surface area (Å²) >= 11 is 0. The molecule has 2 heterocycles. The molecule has 0 spiro atoms. The third-order valence-corrected chi connectivity index (χ3v) is 2.87. The molecule has 2 aromatic heterocycles. The topological polar surface area (TPSA) is 75.1 Å². The molecule has 98 valence electrons. The molecule has 0 fully saturated rings. The van der Waals surface area contributed by atoms with E-state index >= 15 is 0 Å². The van der Waals surface area contributed by atoms with Crippen molar-refractivity contribution in [3.63, 3.8) is 0 Å². The predicted molar refractivity (Wildman–Crippen MR) is 76.2 cm³/mol. The molecule has 0 aliphatic heterocycles. The maximum Gasteiger partial charge on any atom is 0.339 e. The van der Waals surface area contributed by atoms with Crippen molar-refractivity contribution in [2.75, 3.05) is 5.32 Å². The average molecular weight is 265 g/mol. The summed E-state index contributed by atoms with van der Waals surface area (Å²) in [4.78, 5) is 19.8. The minimum atomic E-state index is -1.03. The van der Waals surface area contributed by atoms with E-state index in [0.717, 1.165) is 10.9 Å². The van der Waals surface area contributed by atoms with Crippen LogP contribution in [0, 0.1) is 0 Å². The number of anilines is 2. The Morgan fingerprint density at radius 3 is 2.65 bits per heavy atom. The number of hydrogen-bond donors (Lipinski definition) is 2. The van der Waals surface area contributed by atoms with Gasteiger partial charge >= 0.3 is 5.97 Å². The molecule has 0 radical (unpaired) electrons. The van der Waals surface area contributed by atoms with Gasteiger partial charge in [-0.05, 0) is 24.3 Å². The fourth-order valence-electron chi connectivity index (χ4n) is 1.93. The molecular weight excluding hydrogens is 254 g/mol. The van der Waals surface area contributed by atoms with Crippen molar-refractivity contribution in [3.8, 4) is 0 Å². The molecule has 5 heteroatoms. The first-order valence-electron chi connectivity index (χ1n) is 6.05. The van der Waals surface area contributed by atoms with Gasteiger partial charge < -0.3 is 10.4 Å². The van der Waals surface area contributed by atoms with Gasteiger partial charge in [0.25, 0.3) is 0 Å². The number of aromatic nitrogens is 2. The Labute approximate surface area is 114 Å². The van der Waals surface area contributed by atoms with Crippen LogP contribution < -0.4 is 5.32 Å². The SMILES string of the molecule is O=C(O)c1cc2ccccc2nc1Nc1ccccn1. The van der Waals surface area contributed by atoms with Gasteiger partial charge in [-0.1, -0.05) is 24.3 Å². The maximum absolute atomic E-state index is 11.4. The van der Waals surface area contributed by atoms with E-state index in [1.165, 1.54) is 0 Å². The van der Waals surface area contributed by atoms with Crippen LogP contribution in [0.25, 0.3) is 10.9 Å². The van der Waals surface area contributed by atoms with Crippen LogP contribution in [0.2, 0.25) is 0 Å². The van der Waals surface area contributed by atoms with Crippen LogP contribution in [-0.2, 0) is 0 Å². The number of aromatic carboxylic acids is 1. The van der Waals surface area contributed by atoms with E-state index in [1.54, 1.807) is 24.4 Å². The lowest BCUT2D eigenvalue weighted by Crippen LogP contribution is -2.06. The molecule has 0 bridgehead atoms. The fraction of sp³-hybridized carbons (Fsp3) is 0. The minimum absolute atomic E-state index is 0.120. The smallest absolute Gasteiger partial charge is 0.339 e. The molecule has 1 aromatic carbocycles. The normalized spacial score (nSPS) is 10.4. The lowest BCUT2D eigenvalue weighted by atomic mass is 10.1. The first kappa shape index (κ1) is 12.1. The summed E-state index contributed by atoms with van der Waals surface area (Å²) in [5, 5.41) is 13.0. The monoisotopic (exact) mass is 265 g/mol. The van der Waals surface area contributed by atoms with Crippen LogP contribution in [0.4, 0.5) is 11.6 Å². The molecule has 5 nitrogen and oxygen atoms in total. The molecule has 0 unspecified atom stereocenters. The van der Waals surface area contributed by atoms with Gasteiger partial charge in [-0.2, -0.15) is 0 Å². The standard InChI is InChI=1S/C15H11N3O2/c19-15(20)11-9-10-5-1-2-6-12(10)17-14(11)18-13-7-3-4-8-16-13/h1-9H,(H,19,20)(H,16,17,18). The summed E-state index contributed by atoms with van der Waals surface area (Å²) in [6.45, 7) is 0. The van der Waals surface area contributed by atoms with Gasteiger partial charge in [0.1, 0.15) is 17.2 Å². The second-order valence-electron chi connectivity index (χ2n) is 4.22. The minimum Gasteiger partial charge on any atom is -0.478 e. The highest BCUT2D eigenvalue weighted by molar-refractivity contribution is 5.98. The maximum atomic E-state index is 11.4. The first-order valence-corrected chi connectivity index (χ1v) is 6.05. The summed E-state index contributed by atoms with van der Waals surface area (Å²) in [6, 6.07) is 14.3. The number of rotatable bonds is 3. The van der Waals surface area contributed by atoms with Crippen molar-refractivity contribution in [2.45, 2.75) is 0 Å². The Hall–Kier alpha value is -2.95. The summed E-state index contributed by atoms with van der Waals surface area (Å²) in [7, 11) is 0. The van der Waals surface area contributed by atoms with Gasteiger partial charge in [0.05, 0.1) is 5.52 Å². The van der Waals surface area contributed by atoms with Gasteiger partial charge in [0.2, 0.25) is 0 Å². The third-order valence-electron chi connectivity index (χ3n) is 2.87. The number of fused-ring (bicyclic) bond motifs is 1. The van der Waals surface area contributed by atoms with Crippen molar-refractivity contribution >= 4 is 28.5 Å². The van der Waals surface area contributed by atoms with Crippen LogP contribution in [0.1, 0.15) is 10.4 Å². The van der Waals surface area contributed by atoms with Crippen LogP contribution in [0.15, 0.2) is 54.7 Å². The Kier molecular flexibility index (Phi) is 3.01. The second-order valence-corrected chi connectivity index (χ2v) is 4.22. The quantitative estimate of drug-likeness (QED) is 0.761. The lowest BCUT2D eigenvalue weighted by Gasteiger charge is -2.09. The van der Waals surface area contributed by atoms with Gasteiger partial charge in [0.15, 0.2) is 0 Å². The highest BCUT2D eigenvalue weighted by Gasteiger charge is 2.13. The lowest BCUT2D eigenvalue weighted by molar-refractivity contribution is 0.0698. The molecule has 3 aromatic rings. The number of carbonyl (C=O) groups is 1. The molecule has 0 saturated heterocycles. The summed E-state index contributed by atoms with van der Waals surface area (Å²) in [5.41, 5.74) is 0.852. The highest BCUT2D eigenvalue weighted by Crippen LogP contribution is 2.22. The van der Waals surface area contributed by atoms with Crippen LogP contribution in [0.5, 0.6) is 0 Å². The van der Waals surface area contributed by atoms with Gasteiger partial charge in [0, 0.05) is 11.6 Å². The molecule has 0 atom stereocenters. The summed E-state index contributed by atoms with van der Waals surface area (Å²) in [6.07, 6.45) is 1.63. The summed E-state index contributed by atoms with van der Waals surface area (Å²) in [5.74, 6) is -0.186. The van der Waals surface area contributed by atoms with Crippen LogP contribution in [-0.4, -0.2) is 21.0 Å². The Morgan fingerprint density at radius 2 is 1.90 bits per heavy atom. The van der Waals surface area contributed by atoms with E-state index < -0.39 is 5.97 Å². The van der Waals surface area contributed by atoms with Gasteiger partial charge in [-0.15, -0.1) is 0 Å². The predicted octanol–water partition coefficient (Wildman–Crippen LogP) is 3.07. The van der Waals surface area contributed by atoms with Gasteiger partial charge in [-0.3, -0.25) is 0 Å². The number of nitrogens with zero attached hydrogens (tertiary/aromatic N) is 2. The number of pyridine rings is 2. The zero-order valence-electron chi connectivity index (χ0n) is 10.4. The first-order chi connectivity index (χ1) is 9.74. The zero-order valence-corrected chi connectivity index (χ0v) is 10.4. The van der Waals surface area contributed by atoms with E-state index in [0.29, 0.717) is 5.82 Å². The average Bonchev–Trinajstić information content (AvgIpc) is 2.47. The molecule has 20 heavy (non-hydrogen) atoms. The second kappa shape index (κ2) is 4.97. The van der Waals surface area contributed by atoms with E-state index in [2.05, 4.69) is 15.3 Å². The van der Waals surface area contributed by atoms with E-state index in [9.17, 15) is 9.90 Å². The number of benzene rings is 1. The van der Waals surface area contributed by atoms with Crippen molar-refractivity contribution in [2.24, 2.45) is 0 Å². The largest absolute Gasteiger partial charge is 0.478 e. The van der Waals surface area contributed by atoms with E-state index in [-0.39, 0.29) is 11.4 Å². The van der Waals surface area contributed by atoms with Crippen LogP contribution >= 0.6 is 0 Å². The van der Waals surface area contributed by atoms with E-state index in [4.69, 9.17) is 0 Å². The molecule has 0 saturated carbocycles. The number of carboxylic acid groups (broad SMARTS) is 1. The van der Waals surface area contributed by atoms with Crippen molar-refractivity contribution in [1.82, 2.24) is 9.97 Å². The number of carboxylic acids is 1.